The number of rotatable bonds is 5. The Bertz CT molecular complexity index is 963. The molecule has 1 N–H and O–H groups in total. The maximum Gasteiger partial charge on any atom is 0.227 e. The average molecular weight is 390 g/mol. The molecular weight excluding hydrogens is 366 g/mol. The number of nitrogens with one attached hydrogen (secondary N) is 1. The predicted octanol–water partition coefficient (Wildman–Crippen LogP) is 4.73. The van der Waals surface area contributed by atoms with E-state index in [2.05, 4.69) is 35.4 Å². The molecule has 1 aromatic heterocycles. The highest BCUT2D eigenvalue weighted by Gasteiger charge is 2.26. The first kappa shape index (κ1) is 18.7. The minimum absolute atomic E-state index is 0.0811. The monoisotopic (exact) mass is 389 g/mol. The number of carbonyl (C=O) groups is 1. The lowest BCUT2D eigenvalue weighted by Gasteiger charge is -2.19. The van der Waals surface area contributed by atoms with E-state index in [0.29, 0.717) is 6.42 Å². The van der Waals surface area contributed by atoms with Crippen molar-refractivity contribution in [2.75, 3.05) is 6.54 Å². The number of pyridine rings is 1. The maximum absolute atomic E-state index is 12.6. The van der Waals surface area contributed by atoms with E-state index < -0.39 is 0 Å². The van der Waals surface area contributed by atoms with Crippen molar-refractivity contribution in [3.63, 3.8) is 0 Å². The summed E-state index contributed by atoms with van der Waals surface area (Å²) in [5.41, 5.74) is 3.76. The van der Waals surface area contributed by atoms with Crippen LogP contribution in [0.5, 0.6) is 0 Å². The number of amides is 1. The number of aromatic nitrogens is 1. The van der Waals surface area contributed by atoms with Gasteiger partial charge in [-0.1, -0.05) is 55.4 Å². The molecule has 0 fully saturated rings. The molecule has 0 spiro atoms. The summed E-state index contributed by atoms with van der Waals surface area (Å²) in [6, 6.07) is 14.2. The summed E-state index contributed by atoms with van der Waals surface area (Å²) in [5, 5.41) is 3.04. The van der Waals surface area contributed by atoms with Crippen LogP contribution in [-0.2, 0) is 4.79 Å². The van der Waals surface area contributed by atoms with Crippen LogP contribution in [0.3, 0.4) is 0 Å². The first-order valence-corrected chi connectivity index (χ1v) is 10.5. The third-order valence-corrected chi connectivity index (χ3v) is 6.03. The Labute approximate surface area is 169 Å². The Morgan fingerprint density at radius 3 is 2.89 bits per heavy atom. The zero-order chi connectivity index (χ0) is 19.3. The van der Waals surface area contributed by atoms with Gasteiger partial charge >= 0.3 is 0 Å². The Balaban J connectivity index is 1.67. The van der Waals surface area contributed by atoms with Crippen molar-refractivity contribution in [1.29, 1.82) is 0 Å². The fraction of sp³-hybridized carbons (Fsp3) is 0.261. The molecule has 142 valence electrons. The molecule has 4 rings (SSSR count). The molecule has 2 aliphatic rings. The van der Waals surface area contributed by atoms with Crippen LogP contribution in [-0.4, -0.2) is 23.1 Å². The van der Waals surface area contributed by atoms with E-state index in [4.69, 9.17) is 4.99 Å². The van der Waals surface area contributed by atoms with E-state index in [0.717, 1.165) is 51.9 Å². The molecule has 1 amide bonds. The lowest BCUT2D eigenvalue weighted by Crippen LogP contribution is -2.31. The molecule has 5 heteroatoms. The van der Waals surface area contributed by atoms with Crippen LogP contribution < -0.4 is 5.32 Å². The minimum atomic E-state index is -0.175. The highest BCUT2D eigenvalue weighted by atomic mass is 32.2. The molecule has 0 radical (unpaired) electrons. The number of nitrogens with zero attached hydrogens (tertiary/aromatic N) is 2. The molecule has 1 unspecified atom stereocenters. The second kappa shape index (κ2) is 8.57. The van der Waals surface area contributed by atoms with E-state index in [1.54, 1.807) is 18.0 Å². The highest BCUT2D eigenvalue weighted by molar-refractivity contribution is 8.03. The van der Waals surface area contributed by atoms with Gasteiger partial charge in [0.25, 0.3) is 0 Å². The van der Waals surface area contributed by atoms with Crippen LogP contribution in [0.4, 0.5) is 0 Å². The smallest absolute Gasteiger partial charge is 0.227 e. The van der Waals surface area contributed by atoms with Gasteiger partial charge in [-0.2, -0.15) is 0 Å². The van der Waals surface area contributed by atoms with Crippen LogP contribution in [0.2, 0.25) is 0 Å². The molecule has 0 saturated carbocycles. The molecule has 1 aliphatic carbocycles. The van der Waals surface area contributed by atoms with Crippen LogP contribution in [0.15, 0.2) is 81.3 Å². The van der Waals surface area contributed by atoms with Gasteiger partial charge in [-0.3, -0.25) is 9.78 Å². The van der Waals surface area contributed by atoms with Gasteiger partial charge < -0.3 is 5.32 Å². The minimum Gasteiger partial charge on any atom is -0.356 e. The van der Waals surface area contributed by atoms with Crippen molar-refractivity contribution < 1.29 is 4.79 Å². The van der Waals surface area contributed by atoms with Crippen molar-refractivity contribution in [2.45, 2.75) is 31.1 Å². The summed E-state index contributed by atoms with van der Waals surface area (Å²) in [6.45, 7) is 2.85. The molecule has 1 aliphatic heterocycles. The molecule has 0 bridgehead atoms. The first-order chi connectivity index (χ1) is 13.8. The SMILES string of the molecule is CCCCNC(=O)C1C=CC2=C(C1)N=C(c1ccccn1)c1ccccc1S2. The Morgan fingerprint density at radius 2 is 2.07 bits per heavy atom. The highest BCUT2D eigenvalue weighted by Crippen LogP contribution is 2.41. The molecular formula is C23H23N3OS. The fourth-order valence-corrected chi connectivity index (χ4v) is 4.38. The number of hydrogen-bond acceptors (Lipinski definition) is 4. The van der Waals surface area contributed by atoms with E-state index in [1.165, 1.54) is 0 Å². The third-order valence-electron chi connectivity index (χ3n) is 4.86. The van der Waals surface area contributed by atoms with Crippen molar-refractivity contribution in [3.8, 4) is 0 Å². The molecule has 1 atom stereocenters. The van der Waals surface area contributed by atoms with Crippen molar-refractivity contribution in [1.82, 2.24) is 10.3 Å². The summed E-state index contributed by atoms with van der Waals surface area (Å²) in [7, 11) is 0. The van der Waals surface area contributed by atoms with E-state index in [9.17, 15) is 4.79 Å². The van der Waals surface area contributed by atoms with Gasteiger partial charge in [0.05, 0.1) is 23.0 Å². The average Bonchev–Trinajstić information content (AvgIpc) is 2.90. The number of carbonyl (C=O) groups excluding carboxylic acids is 1. The first-order valence-electron chi connectivity index (χ1n) is 9.72. The maximum atomic E-state index is 12.6. The van der Waals surface area contributed by atoms with E-state index in [-0.39, 0.29) is 11.8 Å². The summed E-state index contributed by atoms with van der Waals surface area (Å²) >= 11 is 1.71. The summed E-state index contributed by atoms with van der Waals surface area (Å²) < 4.78 is 0. The lowest BCUT2D eigenvalue weighted by atomic mass is 9.96. The third kappa shape index (κ3) is 3.94. The Morgan fingerprint density at radius 1 is 1.21 bits per heavy atom. The fourth-order valence-electron chi connectivity index (χ4n) is 3.33. The van der Waals surface area contributed by atoms with Gasteiger partial charge in [0, 0.05) is 34.5 Å². The zero-order valence-electron chi connectivity index (χ0n) is 15.9. The molecule has 0 saturated heterocycles. The standard InChI is InChI=1S/C23H23N3OS/c1-2-3-13-25-23(27)16-11-12-21-19(15-16)26-22(18-9-6-7-14-24-18)17-8-4-5-10-20(17)28-21/h4-12,14,16H,2-3,13,15H2,1H3,(H,25,27). The predicted molar refractivity (Wildman–Crippen MR) is 114 cm³/mol. The van der Waals surface area contributed by atoms with Crippen LogP contribution in [0.1, 0.15) is 37.4 Å². The van der Waals surface area contributed by atoms with Crippen molar-refractivity contribution >= 4 is 23.4 Å². The van der Waals surface area contributed by atoms with E-state index in [1.807, 2.05) is 36.4 Å². The molecule has 4 nitrogen and oxygen atoms in total. The Hall–Kier alpha value is -2.66. The molecule has 1 aromatic carbocycles. The number of thioether (sulfide) groups is 1. The second-order valence-corrected chi connectivity index (χ2v) is 7.98. The van der Waals surface area contributed by atoms with Gasteiger partial charge in [0.15, 0.2) is 0 Å². The van der Waals surface area contributed by atoms with Gasteiger partial charge in [-0.05, 0) is 30.7 Å². The summed E-state index contributed by atoms with van der Waals surface area (Å²) in [5.74, 6) is -0.0938. The van der Waals surface area contributed by atoms with Crippen molar-refractivity contribution in [3.05, 3.63) is 82.7 Å². The normalized spacial score (nSPS) is 18.0. The second-order valence-electron chi connectivity index (χ2n) is 6.90. The van der Waals surface area contributed by atoms with Gasteiger partial charge in [-0.15, -0.1) is 0 Å². The van der Waals surface area contributed by atoms with Crippen LogP contribution >= 0.6 is 11.8 Å². The van der Waals surface area contributed by atoms with Gasteiger partial charge in [0.1, 0.15) is 0 Å². The number of hydrogen-bond donors (Lipinski definition) is 1. The van der Waals surface area contributed by atoms with Crippen LogP contribution in [0.25, 0.3) is 0 Å². The topological polar surface area (TPSA) is 54.4 Å². The lowest BCUT2D eigenvalue weighted by molar-refractivity contribution is -0.123. The van der Waals surface area contributed by atoms with Crippen LogP contribution in [0, 0.1) is 5.92 Å². The quantitative estimate of drug-likeness (QED) is 0.752. The van der Waals surface area contributed by atoms with E-state index >= 15 is 0 Å². The zero-order valence-corrected chi connectivity index (χ0v) is 16.7. The molecule has 28 heavy (non-hydrogen) atoms. The number of aliphatic imine (C=N–C) groups is 1. The number of unbranched alkanes of at least 4 members (excludes halogenated alkanes) is 1. The molecule has 2 aromatic rings. The summed E-state index contributed by atoms with van der Waals surface area (Å²) in [4.78, 5) is 24.4. The largest absolute Gasteiger partial charge is 0.356 e. The number of benzene rings is 1. The number of fused-ring (bicyclic) bond motifs is 1. The van der Waals surface area contributed by atoms with Gasteiger partial charge in [0.2, 0.25) is 5.91 Å². The Kier molecular flexibility index (Phi) is 5.72. The summed E-state index contributed by atoms with van der Waals surface area (Å²) in [6.07, 6.45) is 8.54. The van der Waals surface area contributed by atoms with Gasteiger partial charge in [-0.25, -0.2) is 4.99 Å². The molecule has 2 heterocycles. The number of allylic oxidation sites excluding steroid dienone is 2. The van der Waals surface area contributed by atoms with Crippen molar-refractivity contribution in [2.24, 2.45) is 10.9 Å².